The van der Waals surface area contributed by atoms with Crippen molar-refractivity contribution in [2.75, 3.05) is 0 Å². The second-order valence-electron chi connectivity index (χ2n) is 6.05. The van der Waals surface area contributed by atoms with E-state index in [2.05, 4.69) is 13.5 Å². The van der Waals surface area contributed by atoms with Crippen LogP contribution >= 0.6 is 0 Å². The lowest BCUT2D eigenvalue weighted by atomic mass is 9.72. The zero-order valence-corrected chi connectivity index (χ0v) is 10.6. The van der Waals surface area contributed by atoms with Gasteiger partial charge in [-0.1, -0.05) is 31.9 Å². The average molecular weight is 222 g/mol. The van der Waals surface area contributed by atoms with Crippen LogP contribution < -0.4 is 0 Å². The van der Waals surface area contributed by atoms with E-state index in [1.807, 2.05) is 0 Å². The van der Waals surface area contributed by atoms with Crippen LogP contribution in [0.3, 0.4) is 0 Å². The van der Waals surface area contributed by atoms with E-state index >= 15 is 0 Å². The summed E-state index contributed by atoms with van der Waals surface area (Å²) in [7, 11) is 0. The number of aliphatic hydroxyl groups is 1. The third-order valence-electron chi connectivity index (χ3n) is 4.68. The minimum Gasteiger partial charge on any atom is -0.393 e. The lowest BCUT2D eigenvalue weighted by molar-refractivity contribution is 0.112. The van der Waals surface area contributed by atoms with Crippen molar-refractivity contribution in [1.29, 1.82) is 0 Å². The van der Waals surface area contributed by atoms with Gasteiger partial charge in [0.1, 0.15) is 0 Å². The molecule has 2 aliphatic rings. The van der Waals surface area contributed by atoms with Crippen LogP contribution in [0.15, 0.2) is 12.2 Å². The van der Waals surface area contributed by atoms with Gasteiger partial charge in [0.2, 0.25) is 0 Å². The Morgan fingerprint density at radius 3 is 2.31 bits per heavy atom. The van der Waals surface area contributed by atoms with E-state index in [0.29, 0.717) is 5.92 Å². The molecule has 1 N–H and O–H groups in total. The zero-order valence-electron chi connectivity index (χ0n) is 10.6. The van der Waals surface area contributed by atoms with Crippen LogP contribution in [0.25, 0.3) is 0 Å². The molecule has 0 spiro atoms. The molecule has 0 saturated heterocycles. The molecule has 1 nitrogen and oxygen atoms in total. The van der Waals surface area contributed by atoms with Crippen LogP contribution in [0.1, 0.15) is 58.3 Å². The second-order valence-corrected chi connectivity index (χ2v) is 6.05. The Morgan fingerprint density at radius 1 is 1.00 bits per heavy atom. The van der Waals surface area contributed by atoms with Gasteiger partial charge in [0.15, 0.2) is 0 Å². The van der Waals surface area contributed by atoms with Crippen molar-refractivity contribution in [3.8, 4) is 0 Å². The van der Waals surface area contributed by atoms with Crippen LogP contribution in [-0.2, 0) is 0 Å². The van der Waals surface area contributed by atoms with Gasteiger partial charge in [-0.3, -0.25) is 0 Å². The Bertz CT molecular complexity index is 238. The zero-order chi connectivity index (χ0) is 11.5. The van der Waals surface area contributed by atoms with Gasteiger partial charge < -0.3 is 5.11 Å². The largest absolute Gasteiger partial charge is 0.393 e. The Morgan fingerprint density at radius 2 is 1.69 bits per heavy atom. The molecule has 0 radical (unpaired) electrons. The van der Waals surface area contributed by atoms with E-state index in [4.69, 9.17) is 0 Å². The van der Waals surface area contributed by atoms with E-state index in [1.165, 1.54) is 44.1 Å². The van der Waals surface area contributed by atoms with E-state index in [0.717, 1.165) is 24.7 Å². The molecule has 0 aromatic heterocycles. The molecule has 2 rings (SSSR count). The highest BCUT2D eigenvalue weighted by Gasteiger charge is 2.28. The van der Waals surface area contributed by atoms with E-state index < -0.39 is 0 Å². The fourth-order valence-corrected chi connectivity index (χ4v) is 3.55. The summed E-state index contributed by atoms with van der Waals surface area (Å²) in [5, 5.41) is 9.53. The Labute approximate surface area is 99.9 Å². The van der Waals surface area contributed by atoms with Crippen molar-refractivity contribution in [1.82, 2.24) is 0 Å². The monoisotopic (exact) mass is 222 g/mol. The fourth-order valence-electron chi connectivity index (χ4n) is 3.55. The molecule has 2 aliphatic carbocycles. The van der Waals surface area contributed by atoms with Crippen molar-refractivity contribution < 1.29 is 5.11 Å². The summed E-state index contributed by atoms with van der Waals surface area (Å²) in [4.78, 5) is 0. The first-order chi connectivity index (χ1) is 7.66. The molecular formula is C15H26O. The van der Waals surface area contributed by atoms with Gasteiger partial charge in [0.25, 0.3) is 0 Å². The van der Waals surface area contributed by atoms with Crippen LogP contribution in [-0.4, -0.2) is 11.2 Å². The molecule has 0 aromatic carbocycles. The van der Waals surface area contributed by atoms with Crippen molar-refractivity contribution in [2.24, 2.45) is 17.8 Å². The molecule has 2 unspecified atom stereocenters. The highest BCUT2D eigenvalue weighted by atomic mass is 16.3. The van der Waals surface area contributed by atoms with Crippen LogP contribution in [0.2, 0.25) is 0 Å². The molecule has 0 aromatic rings. The third kappa shape index (κ3) is 2.88. The number of hydrogen-bond acceptors (Lipinski definition) is 1. The normalized spacial score (nSPS) is 40.6. The molecule has 16 heavy (non-hydrogen) atoms. The molecule has 0 aliphatic heterocycles. The van der Waals surface area contributed by atoms with Crippen molar-refractivity contribution in [2.45, 2.75) is 64.4 Å². The summed E-state index contributed by atoms with van der Waals surface area (Å²) < 4.78 is 0. The third-order valence-corrected chi connectivity index (χ3v) is 4.68. The van der Waals surface area contributed by atoms with Gasteiger partial charge in [-0.15, -0.1) is 0 Å². The molecule has 2 fully saturated rings. The molecular weight excluding hydrogens is 196 g/mol. The lowest BCUT2D eigenvalue weighted by Crippen LogP contribution is -2.24. The first-order valence-electron chi connectivity index (χ1n) is 7.03. The molecule has 1 heteroatoms. The molecule has 0 amide bonds. The smallest absolute Gasteiger partial charge is 0.0540 e. The van der Waals surface area contributed by atoms with Gasteiger partial charge in [-0.2, -0.15) is 0 Å². The topological polar surface area (TPSA) is 20.2 Å². The Balaban J connectivity index is 1.86. The molecule has 0 bridgehead atoms. The summed E-state index contributed by atoms with van der Waals surface area (Å²) in [5.41, 5.74) is 1.51. The number of aliphatic hydroxyl groups excluding tert-OH is 1. The number of rotatable bonds is 2. The molecule has 2 atom stereocenters. The molecule has 2 saturated carbocycles. The Kier molecular flexibility index (Phi) is 4.07. The standard InChI is InChI=1S/C15H26O/c1-11-4-3-5-14(10-11)12(2)13-6-8-15(16)9-7-13/h11,13-16H,2-10H2,1H3. The minimum atomic E-state index is -0.0330. The number of allylic oxidation sites excluding steroid dienone is 1. The maximum Gasteiger partial charge on any atom is 0.0540 e. The Hall–Kier alpha value is -0.300. The first-order valence-corrected chi connectivity index (χ1v) is 7.03. The van der Waals surface area contributed by atoms with Gasteiger partial charge in [-0.05, 0) is 56.3 Å². The molecule has 0 heterocycles. The van der Waals surface area contributed by atoms with E-state index in [9.17, 15) is 5.11 Å². The van der Waals surface area contributed by atoms with Gasteiger partial charge in [0, 0.05) is 0 Å². The molecule has 92 valence electrons. The second kappa shape index (κ2) is 5.35. The SMILES string of the molecule is C=C(C1CCC(O)CC1)C1CCCC(C)C1. The maximum atomic E-state index is 9.53. The predicted octanol–water partition coefficient (Wildman–Crippen LogP) is 3.92. The van der Waals surface area contributed by atoms with E-state index in [1.54, 1.807) is 0 Å². The quantitative estimate of drug-likeness (QED) is 0.702. The summed E-state index contributed by atoms with van der Waals surface area (Å²) in [5.74, 6) is 2.38. The minimum absolute atomic E-state index is 0.0330. The highest BCUT2D eigenvalue weighted by molar-refractivity contribution is 5.08. The first kappa shape index (κ1) is 12.2. The van der Waals surface area contributed by atoms with Crippen LogP contribution in [0.4, 0.5) is 0 Å². The lowest BCUT2D eigenvalue weighted by Gasteiger charge is -2.34. The summed E-state index contributed by atoms with van der Waals surface area (Å²) >= 11 is 0. The summed E-state index contributed by atoms with van der Waals surface area (Å²) in [6.07, 6.45) is 9.82. The van der Waals surface area contributed by atoms with Crippen LogP contribution in [0, 0.1) is 17.8 Å². The van der Waals surface area contributed by atoms with Gasteiger partial charge in [0.05, 0.1) is 6.10 Å². The highest BCUT2D eigenvalue weighted by Crippen LogP contribution is 2.40. The maximum absolute atomic E-state index is 9.53. The van der Waals surface area contributed by atoms with Gasteiger partial charge >= 0.3 is 0 Å². The summed E-state index contributed by atoms with van der Waals surface area (Å²) in [6.45, 7) is 6.76. The predicted molar refractivity (Wildman–Crippen MR) is 68.2 cm³/mol. The van der Waals surface area contributed by atoms with E-state index in [-0.39, 0.29) is 6.10 Å². The summed E-state index contributed by atoms with van der Waals surface area (Å²) in [6, 6.07) is 0. The van der Waals surface area contributed by atoms with Crippen LogP contribution in [0.5, 0.6) is 0 Å². The van der Waals surface area contributed by atoms with Crippen molar-refractivity contribution in [3.63, 3.8) is 0 Å². The van der Waals surface area contributed by atoms with Crippen molar-refractivity contribution in [3.05, 3.63) is 12.2 Å². The average Bonchev–Trinajstić information content (AvgIpc) is 2.29. The number of hydrogen-bond donors (Lipinski definition) is 1. The fraction of sp³-hybridized carbons (Fsp3) is 0.867. The van der Waals surface area contributed by atoms with Crippen molar-refractivity contribution >= 4 is 0 Å². The van der Waals surface area contributed by atoms with Gasteiger partial charge in [-0.25, -0.2) is 0 Å².